The molecule has 1 atom stereocenters. The highest BCUT2D eigenvalue weighted by molar-refractivity contribution is 7.92. The Kier molecular flexibility index (Phi) is 3.97. The van der Waals surface area contributed by atoms with Gasteiger partial charge in [0.2, 0.25) is 10.0 Å². The highest BCUT2D eigenvalue weighted by Gasteiger charge is 2.31. The van der Waals surface area contributed by atoms with Crippen molar-refractivity contribution < 1.29 is 8.42 Å². The second-order valence-corrected chi connectivity index (χ2v) is 7.87. The lowest BCUT2D eigenvalue weighted by Gasteiger charge is -2.31. The fraction of sp³-hybridized carbons (Fsp3) is 0.250. The van der Waals surface area contributed by atoms with E-state index in [1.807, 2.05) is 48.7 Å². The molecule has 0 saturated heterocycles. The molecule has 0 bridgehead atoms. The molecule has 1 aromatic carbocycles. The summed E-state index contributed by atoms with van der Waals surface area (Å²) < 4.78 is 26.7. The highest BCUT2D eigenvalue weighted by atomic mass is 32.2. The molecule has 0 saturated carbocycles. The zero-order valence-corrected chi connectivity index (χ0v) is 13.4. The van der Waals surface area contributed by atoms with E-state index in [0.29, 0.717) is 6.54 Å². The van der Waals surface area contributed by atoms with Crippen molar-refractivity contribution in [3.63, 3.8) is 0 Å². The van der Waals surface area contributed by atoms with E-state index in [4.69, 9.17) is 0 Å². The first kappa shape index (κ1) is 14.5. The number of hydrogen-bond donors (Lipinski definition) is 0. The molecule has 0 radical (unpaired) electrons. The molecule has 0 aliphatic carbocycles. The van der Waals surface area contributed by atoms with Crippen molar-refractivity contribution in [2.75, 3.05) is 6.54 Å². The molecule has 1 aromatic heterocycles. The van der Waals surface area contributed by atoms with Crippen LogP contribution < -0.4 is 0 Å². The summed E-state index contributed by atoms with van der Waals surface area (Å²) in [7, 11) is -3.39. The van der Waals surface area contributed by atoms with E-state index >= 15 is 0 Å². The monoisotopic (exact) mass is 319 g/mol. The van der Waals surface area contributed by atoms with Crippen LogP contribution in [0, 0.1) is 0 Å². The lowest BCUT2D eigenvalue weighted by Crippen LogP contribution is -2.37. The van der Waals surface area contributed by atoms with Gasteiger partial charge < -0.3 is 0 Å². The number of hydrogen-bond acceptors (Lipinski definition) is 3. The van der Waals surface area contributed by atoms with Gasteiger partial charge in [0, 0.05) is 22.9 Å². The number of thiophene rings is 1. The van der Waals surface area contributed by atoms with Crippen molar-refractivity contribution >= 4 is 27.4 Å². The summed E-state index contributed by atoms with van der Waals surface area (Å²) in [6.45, 7) is 2.51. The minimum absolute atomic E-state index is 0.0922. The molecule has 2 heterocycles. The molecule has 0 spiro atoms. The standard InChI is InChI=1S/C16H17NO2S2/c1-13-15-8-11-20-16(15)7-10-17(13)21(18,19)12-9-14-5-3-2-4-6-14/h2-6,8-9,11-13H,7,10H2,1H3/b12-9+. The van der Waals surface area contributed by atoms with Crippen molar-refractivity contribution in [1.29, 1.82) is 0 Å². The van der Waals surface area contributed by atoms with Crippen LogP contribution in [0.25, 0.3) is 6.08 Å². The van der Waals surface area contributed by atoms with Crippen molar-refractivity contribution in [1.82, 2.24) is 4.31 Å². The minimum Gasteiger partial charge on any atom is -0.207 e. The molecule has 0 N–H and O–H groups in total. The summed E-state index contributed by atoms with van der Waals surface area (Å²) in [6, 6.07) is 11.4. The molecular weight excluding hydrogens is 302 g/mol. The summed E-state index contributed by atoms with van der Waals surface area (Å²) in [6.07, 6.45) is 2.46. The van der Waals surface area contributed by atoms with E-state index in [9.17, 15) is 8.42 Å². The molecule has 2 aromatic rings. The second kappa shape index (κ2) is 5.75. The Labute approximate surface area is 129 Å². The number of rotatable bonds is 3. The minimum atomic E-state index is -3.39. The third-order valence-corrected chi connectivity index (χ3v) is 6.41. The third-order valence-electron chi connectivity index (χ3n) is 3.78. The summed E-state index contributed by atoms with van der Waals surface area (Å²) in [5.74, 6) is 0. The van der Waals surface area contributed by atoms with Crippen LogP contribution in [-0.4, -0.2) is 19.3 Å². The summed E-state index contributed by atoms with van der Waals surface area (Å²) in [5.41, 5.74) is 2.03. The maximum atomic E-state index is 12.5. The molecule has 3 nitrogen and oxygen atoms in total. The molecule has 1 unspecified atom stereocenters. The summed E-state index contributed by atoms with van der Waals surface area (Å²) in [4.78, 5) is 1.31. The topological polar surface area (TPSA) is 37.4 Å². The van der Waals surface area contributed by atoms with Crippen LogP contribution in [0.4, 0.5) is 0 Å². The highest BCUT2D eigenvalue weighted by Crippen LogP contribution is 2.34. The van der Waals surface area contributed by atoms with Crippen LogP contribution in [0.15, 0.2) is 47.2 Å². The van der Waals surface area contributed by atoms with Gasteiger partial charge in [-0.2, -0.15) is 4.31 Å². The van der Waals surface area contributed by atoms with Gasteiger partial charge in [-0.1, -0.05) is 30.3 Å². The lowest BCUT2D eigenvalue weighted by atomic mass is 10.0. The average Bonchev–Trinajstić information content (AvgIpc) is 2.96. The summed E-state index contributed by atoms with van der Waals surface area (Å²) in [5, 5.41) is 3.35. The molecule has 1 aliphatic rings. The Morgan fingerprint density at radius 2 is 2.00 bits per heavy atom. The van der Waals surface area contributed by atoms with Gasteiger partial charge in [-0.05, 0) is 42.0 Å². The first-order chi connectivity index (χ1) is 10.1. The van der Waals surface area contributed by atoms with Gasteiger partial charge in [0.1, 0.15) is 0 Å². The molecule has 5 heteroatoms. The first-order valence-corrected chi connectivity index (χ1v) is 9.27. The lowest BCUT2D eigenvalue weighted by molar-refractivity contribution is 0.333. The van der Waals surface area contributed by atoms with E-state index in [0.717, 1.165) is 17.5 Å². The zero-order valence-electron chi connectivity index (χ0n) is 11.8. The molecule has 3 rings (SSSR count). The van der Waals surface area contributed by atoms with Gasteiger partial charge in [0.15, 0.2) is 0 Å². The molecule has 0 amide bonds. The van der Waals surface area contributed by atoms with Crippen LogP contribution in [0.3, 0.4) is 0 Å². The van der Waals surface area contributed by atoms with E-state index in [1.165, 1.54) is 10.3 Å². The molecule has 0 fully saturated rings. The van der Waals surface area contributed by atoms with Crippen LogP contribution in [0.2, 0.25) is 0 Å². The van der Waals surface area contributed by atoms with Gasteiger partial charge in [-0.15, -0.1) is 11.3 Å². The Morgan fingerprint density at radius 3 is 2.76 bits per heavy atom. The molecule has 21 heavy (non-hydrogen) atoms. The van der Waals surface area contributed by atoms with Crippen LogP contribution in [-0.2, 0) is 16.4 Å². The Hall–Kier alpha value is -1.43. The molecule has 110 valence electrons. The van der Waals surface area contributed by atoms with E-state index in [1.54, 1.807) is 21.7 Å². The van der Waals surface area contributed by atoms with Crippen LogP contribution in [0.1, 0.15) is 29.0 Å². The normalized spacial score (nSPS) is 19.8. The first-order valence-electron chi connectivity index (χ1n) is 6.89. The van der Waals surface area contributed by atoms with Gasteiger partial charge in [-0.3, -0.25) is 0 Å². The molecular formula is C16H17NO2S2. The average molecular weight is 319 g/mol. The second-order valence-electron chi connectivity index (χ2n) is 5.09. The van der Waals surface area contributed by atoms with Crippen molar-refractivity contribution in [3.05, 3.63) is 63.2 Å². The third kappa shape index (κ3) is 2.95. The molecule has 1 aliphatic heterocycles. The quantitative estimate of drug-likeness (QED) is 0.865. The Balaban J connectivity index is 1.85. The fourth-order valence-electron chi connectivity index (χ4n) is 2.64. The smallest absolute Gasteiger partial charge is 0.207 e. The maximum absolute atomic E-state index is 12.5. The van der Waals surface area contributed by atoms with E-state index < -0.39 is 10.0 Å². The Bertz CT molecular complexity index is 748. The maximum Gasteiger partial charge on any atom is 0.236 e. The van der Waals surface area contributed by atoms with Gasteiger partial charge >= 0.3 is 0 Å². The van der Waals surface area contributed by atoms with Crippen molar-refractivity contribution in [2.45, 2.75) is 19.4 Å². The van der Waals surface area contributed by atoms with Crippen LogP contribution in [0.5, 0.6) is 0 Å². The predicted molar refractivity (Wildman–Crippen MR) is 87.5 cm³/mol. The van der Waals surface area contributed by atoms with Crippen molar-refractivity contribution in [3.8, 4) is 0 Å². The largest absolute Gasteiger partial charge is 0.236 e. The SMILES string of the molecule is CC1c2ccsc2CCN1S(=O)(=O)/C=C/c1ccccc1. The summed E-state index contributed by atoms with van der Waals surface area (Å²) >= 11 is 1.71. The van der Waals surface area contributed by atoms with Crippen molar-refractivity contribution in [2.24, 2.45) is 0 Å². The number of nitrogens with zero attached hydrogens (tertiary/aromatic N) is 1. The zero-order chi connectivity index (χ0) is 14.9. The van der Waals surface area contributed by atoms with Crippen LogP contribution >= 0.6 is 11.3 Å². The fourth-order valence-corrected chi connectivity index (χ4v) is 4.99. The van der Waals surface area contributed by atoms with Gasteiger partial charge in [0.25, 0.3) is 0 Å². The van der Waals surface area contributed by atoms with Gasteiger partial charge in [0.05, 0.1) is 0 Å². The Morgan fingerprint density at radius 1 is 1.24 bits per heavy atom. The number of fused-ring (bicyclic) bond motifs is 1. The number of benzene rings is 1. The van der Waals surface area contributed by atoms with Gasteiger partial charge in [-0.25, -0.2) is 8.42 Å². The van der Waals surface area contributed by atoms with E-state index in [2.05, 4.69) is 0 Å². The predicted octanol–water partition coefficient (Wildman–Crippen LogP) is 3.67. The van der Waals surface area contributed by atoms with E-state index in [-0.39, 0.29) is 6.04 Å². The number of sulfonamides is 1.